The molecule has 0 saturated carbocycles. The summed E-state index contributed by atoms with van der Waals surface area (Å²) < 4.78 is 18.3. The summed E-state index contributed by atoms with van der Waals surface area (Å²) in [6, 6.07) is 11.6. The van der Waals surface area contributed by atoms with Crippen LogP contribution in [0.2, 0.25) is 0 Å². The zero-order chi connectivity index (χ0) is 21.7. The van der Waals surface area contributed by atoms with Gasteiger partial charge in [-0.05, 0) is 42.3 Å². The number of piperazine rings is 1. The predicted molar refractivity (Wildman–Crippen MR) is 113 cm³/mol. The topological polar surface area (TPSA) is 53.1 Å². The fourth-order valence-electron chi connectivity index (χ4n) is 3.51. The fourth-order valence-corrected chi connectivity index (χ4v) is 3.51. The summed E-state index contributed by atoms with van der Waals surface area (Å²) >= 11 is 0. The lowest BCUT2D eigenvalue weighted by molar-refractivity contribution is -0.132. The van der Waals surface area contributed by atoms with Gasteiger partial charge in [-0.25, -0.2) is 4.39 Å². The first-order valence-corrected chi connectivity index (χ1v) is 10.0. The number of rotatable bonds is 6. The monoisotopic (exact) mass is 413 g/mol. The van der Waals surface area contributed by atoms with E-state index in [-0.39, 0.29) is 17.6 Å². The number of hydrogen-bond acceptors (Lipinski definition) is 4. The number of ether oxygens (including phenoxy) is 1. The number of nitrogens with zero attached hydrogens (tertiary/aromatic N) is 3. The van der Waals surface area contributed by atoms with Crippen molar-refractivity contribution in [1.82, 2.24) is 14.7 Å². The zero-order valence-electron chi connectivity index (χ0n) is 17.7. The van der Waals surface area contributed by atoms with Gasteiger partial charge in [0.1, 0.15) is 11.6 Å². The molecule has 6 nitrogen and oxygen atoms in total. The normalized spacial score (nSPS) is 14.5. The van der Waals surface area contributed by atoms with Gasteiger partial charge in [0.2, 0.25) is 5.91 Å². The summed E-state index contributed by atoms with van der Waals surface area (Å²) in [5.74, 6) is 0.397. The van der Waals surface area contributed by atoms with Gasteiger partial charge in [-0.2, -0.15) is 0 Å². The van der Waals surface area contributed by atoms with Crippen LogP contribution < -0.4 is 4.74 Å². The average Bonchev–Trinajstić information content (AvgIpc) is 2.75. The van der Waals surface area contributed by atoms with E-state index in [1.807, 2.05) is 24.0 Å². The number of benzene rings is 2. The predicted octanol–water partition coefficient (Wildman–Crippen LogP) is 2.56. The number of halogens is 1. The molecule has 0 aliphatic carbocycles. The molecule has 0 radical (unpaired) electrons. The maximum atomic E-state index is 13.0. The van der Waals surface area contributed by atoms with Crippen molar-refractivity contribution in [2.45, 2.75) is 13.5 Å². The second-order valence-corrected chi connectivity index (χ2v) is 7.63. The summed E-state index contributed by atoms with van der Waals surface area (Å²) in [5, 5.41) is 0. The Balaban J connectivity index is 1.49. The van der Waals surface area contributed by atoms with E-state index in [4.69, 9.17) is 4.74 Å². The van der Waals surface area contributed by atoms with Crippen molar-refractivity contribution < 1.29 is 18.7 Å². The van der Waals surface area contributed by atoms with E-state index in [0.717, 1.165) is 11.1 Å². The van der Waals surface area contributed by atoms with E-state index < -0.39 is 0 Å². The van der Waals surface area contributed by atoms with Crippen LogP contribution in [0.15, 0.2) is 42.5 Å². The van der Waals surface area contributed by atoms with Gasteiger partial charge in [-0.1, -0.05) is 18.2 Å². The largest absolute Gasteiger partial charge is 0.496 e. The molecule has 1 aliphatic rings. The second-order valence-electron chi connectivity index (χ2n) is 7.63. The Bertz CT molecular complexity index is 893. The van der Waals surface area contributed by atoms with Crippen molar-refractivity contribution in [3.8, 4) is 5.75 Å². The standard InChI is InChI=1S/C23H28FN3O3/c1-17-4-7-19(14-21(17)30-3)23(29)27-12-10-26(11-13-27)16-22(28)25(2)15-18-5-8-20(24)9-6-18/h4-9,14H,10-13,15-16H2,1-3H3. The molecule has 1 heterocycles. The van der Waals surface area contributed by atoms with Crippen LogP contribution in [0.25, 0.3) is 0 Å². The van der Waals surface area contributed by atoms with Crippen LogP contribution in [0.1, 0.15) is 21.5 Å². The maximum Gasteiger partial charge on any atom is 0.254 e. The third-order valence-electron chi connectivity index (χ3n) is 5.43. The van der Waals surface area contributed by atoms with E-state index >= 15 is 0 Å². The number of carbonyl (C=O) groups is 2. The molecule has 1 aliphatic heterocycles. The van der Waals surface area contributed by atoms with Crippen LogP contribution in [0.3, 0.4) is 0 Å². The summed E-state index contributed by atoms with van der Waals surface area (Å²) in [6.07, 6.45) is 0. The van der Waals surface area contributed by atoms with Crippen molar-refractivity contribution in [3.63, 3.8) is 0 Å². The molecule has 0 N–H and O–H groups in total. The quantitative estimate of drug-likeness (QED) is 0.731. The Hall–Kier alpha value is -2.93. The van der Waals surface area contributed by atoms with E-state index in [2.05, 4.69) is 4.90 Å². The second kappa shape index (κ2) is 9.71. The molecule has 0 unspecified atom stereocenters. The van der Waals surface area contributed by atoms with Crippen LogP contribution >= 0.6 is 0 Å². The Kier molecular flexibility index (Phi) is 7.05. The molecule has 0 spiro atoms. The highest BCUT2D eigenvalue weighted by molar-refractivity contribution is 5.94. The van der Waals surface area contributed by atoms with Crippen molar-refractivity contribution >= 4 is 11.8 Å². The SMILES string of the molecule is COc1cc(C(=O)N2CCN(CC(=O)N(C)Cc3ccc(F)cc3)CC2)ccc1C. The Labute approximate surface area is 176 Å². The zero-order valence-corrected chi connectivity index (χ0v) is 17.7. The molecule has 30 heavy (non-hydrogen) atoms. The van der Waals surface area contributed by atoms with Gasteiger partial charge >= 0.3 is 0 Å². The first kappa shape index (κ1) is 21.8. The Morgan fingerprint density at radius 3 is 2.37 bits per heavy atom. The van der Waals surface area contributed by atoms with Gasteiger partial charge < -0.3 is 14.5 Å². The summed E-state index contributed by atoms with van der Waals surface area (Å²) in [5.41, 5.74) is 2.49. The minimum absolute atomic E-state index is 0.00220. The van der Waals surface area contributed by atoms with Crippen LogP contribution in [-0.4, -0.2) is 73.4 Å². The average molecular weight is 413 g/mol. The molecule has 160 valence electrons. The van der Waals surface area contributed by atoms with Gasteiger partial charge in [-0.3, -0.25) is 14.5 Å². The van der Waals surface area contributed by atoms with Gasteiger partial charge in [0, 0.05) is 45.3 Å². The van der Waals surface area contributed by atoms with Gasteiger partial charge in [0.15, 0.2) is 0 Å². The van der Waals surface area contributed by atoms with E-state index in [1.165, 1.54) is 12.1 Å². The molecule has 2 aromatic rings. The summed E-state index contributed by atoms with van der Waals surface area (Å²) in [7, 11) is 3.34. The van der Waals surface area contributed by atoms with Gasteiger partial charge in [-0.15, -0.1) is 0 Å². The fraction of sp³-hybridized carbons (Fsp3) is 0.391. The summed E-state index contributed by atoms with van der Waals surface area (Å²) in [4.78, 5) is 30.8. The first-order valence-electron chi connectivity index (χ1n) is 10.0. The van der Waals surface area contributed by atoms with Crippen molar-refractivity contribution in [3.05, 3.63) is 65.0 Å². The van der Waals surface area contributed by atoms with E-state index in [1.54, 1.807) is 37.3 Å². The lowest BCUT2D eigenvalue weighted by Crippen LogP contribution is -2.51. The molecule has 2 amide bonds. The molecule has 0 atom stereocenters. The lowest BCUT2D eigenvalue weighted by Gasteiger charge is -2.35. The van der Waals surface area contributed by atoms with E-state index in [0.29, 0.717) is 50.6 Å². The molecule has 0 aromatic heterocycles. The number of likely N-dealkylation sites (N-methyl/N-ethyl adjacent to an activating group) is 1. The smallest absolute Gasteiger partial charge is 0.254 e. The highest BCUT2D eigenvalue weighted by atomic mass is 19.1. The van der Waals surface area contributed by atoms with Gasteiger partial charge in [0.25, 0.3) is 5.91 Å². The lowest BCUT2D eigenvalue weighted by atomic mass is 10.1. The van der Waals surface area contributed by atoms with Crippen LogP contribution in [0, 0.1) is 12.7 Å². The van der Waals surface area contributed by atoms with Crippen LogP contribution in [0.4, 0.5) is 4.39 Å². The minimum Gasteiger partial charge on any atom is -0.496 e. The van der Waals surface area contributed by atoms with Crippen molar-refractivity contribution in [2.24, 2.45) is 0 Å². The molecule has 0 bridgehead atoms. The van der Waals surface area contributed by atoms with E-state index in [9.17, 15) is 14.0 Å². The molecular weight excluding hydrogens is 385 g/mol. The Morgan fingerprint density at radius 1 is 1.07 bits per heavy atom. The number of amides is 2. The van der Waals surface area contributed by atoms with Crippen molar-refractivity contribution in [2.75, 3.05) is 46.9 Å². The third kappa shape index (κ3) is 5.36. The molecule has 3 rings (SSSR count). The highest BCUT2D eigenvalue weighted by Gasteiger charge is 2.24. The number of hydrogen-bond donors (Lipinski definition) is 0. The maximum absolute atomic E-state index is 13.0. The number of aryl methyl sites for hydroxylation is 1. The highest BCUT2D eigenvalue weighted by Crippen LogP contribution is 2.20. The first-order chi connectivity index (χ1) is 14.4. The van der Waals surface area contributed by atoms with Gasteiger partial charge in [0.05, 0.1) is 13.7 Å². The number of methoxy groups -OCH3 is 1. The minimum atomic E-state index is -0.288. The molecule has 7 heteroatoms. The van der Waals surface area contributed by atoms with Crippen molar-refractivity contribution in [1.29, 1.82) is 0 Å². The van der Waals surface area contributed by atoms with Crippen LogP contribution in [-0.2, 0) is 11.3 Å². The van der Waals surface area contributed by atoms with Crippen LogP contribution in [0.5, 0.6) is 5.75 Å². The molecule has 1 fully saturated rings. The number of carbonyl (C=O) groups excluding carboxylic acids is 2. The summed E-state index contributed by atoms with van der Waals surface area (Å²) in [6.45, 7) is 5.12. The molecular formula is C23H28FN3O3. The Morgan fingerprint density at radius 2 is 1.73 bits per heavy atom. The third-order valence-corrected chi connectivity index (χ3v) is 5.43. The molecule has 1 saturated heterocycles. The molecule has 2 aromatic carbocycles.